The van der Waals surface area contributed by atoms with Gasteiger partial charge in [-0.15, -0.1) is 0 Å². The molecule has 0 aliphatic carbocycles. The number of halogens is 1. The number of benzene rings is 2. The monoisotopic (exact) mass is 237 g/mol. The van der Waals surface area contributed by atoms with E-state index in [0.717, 1.165) is 6.54 Å². The molecule has 0 saturated heterocycles. The molecule has 0 aliphatic rings. The van der Waals surface area contributed by atoms with E-state index in [1.807, 2.05) is 24.3 Å². The van der Waals surface area contributed by atoms with Gasteiger partial charge in [-0.05, 0) is 12.1 Å². The summed E-state index contributed by atoms with van der Waals surface area (Å²) in [5.41, 5.74) is 5.05. The van der Waals surface area contributed by atoms with Crippen molar-refractivity contribution in [3.05, 3.63) is 66.2 Å². The van der Waals surface area contributed by atoms with Gasteiger partial charge in [0.2, 0.25) is 0 Å². The Kier molecular flexibility index (Phi) is 7.94. The Morgan fingerprint density at radius 3 is 1.50 bits per heavy atom. The van der Waals surface area contributed by atoms with Gasteiger partial charge in [0, 0.05) is 5.56 Å². The molecule has 0 amide bonds. The molecule has 16 heavy (non-hydrogen) atoms. The van der Waals surface area contributed by atoms with E-state index in [1.165, 1.54) is 5.56 Å². The minimum Gasteiger partial charge on any atom is -1.00 e. The quantitative estimate of drug-likeness (QED) is 0.645. The first-order valence-corrected chi connectivity index (χ1v) is 4.90. The SMILES string of the molecule is Oc1ccccc1.[Cl-].[NH3+]Cc1ccccc1. The van der Waals surface area contributed by atoms with Gasteiger partial charge < -0.3 is 23.2 Å². The maximum absolute atomic E-state index is 8.63. The second-order valence-electron chi connectivity index (χ2n) is 3.07. The summed E-state index contributed by atoms with van der Waals surface area (Å²) in [4.78, 5) is 0. The van der Waals surface area contributed by atoms with Crippen LogP contribution >= 0.6 is 0 Å². The van der Waals surface area contributed by atoms with Crippen LogP contribution in [0.4, 0.5) is 0 Å². The molecule has 2 rings (SSSR count). The van der Waals surface area contributed by atoms with Crippen molar-refractivity contribution in [2.45, 2.75) is 6.54 Å². The number of quaternary nitrogens is 1. The van der Waals surface area contributed by atoms with Crippen molar-refractivity contribution in [3.63, 3.8) is 0 Å². The molecule has 0 spiro atoms. The number of phenolic OH excluding ortho intramolecular Hbond substituents is 1. The Balaban J connectivity index is 0.000000267. The van der Waals surface area contributed by atoms with Crippen molar-refractivity contribution in [1.82, 2.24) is 0 Å². The predicted molar refractivity (Wildman–Crippen MR) is 61.1 cm³/mol. The molecule has 2 aromatic rings. The Morgan fingerprint density at radius 1 is 0.812 bits per heavy atom. The second kappa shape index (κ2) is 8.77. The van der Waals surface area contributed by atoms with Crippen LogP contribution in [0.1, 0.15) is 5.56 Å². The molecule has 4 N–H and O–H groups in total. The highest BCUT2D eigenvalue weighted by Crippen LogP contribution is 2.02. The van der Waals surface area contributed by atoms with Crippen LogP contribution < -0.4 is 18.1 Å². The standard InChI is InChI=1S/C7H9N.C6H6O.ClH/c8-6-7-4-2-1-3-5-7;7-6-4-2-1-3-5-6;/h1-5H,6,8H2;1-5,7H;1H. The Morgan fingerprint density at radius 2 is 1.25 bits per heavy atom. The average molecular weight is 238 g/mol. The summed E-state index contributed by atoms with van der Waals surface area (Å²) in [5, 5.41) is 8.63. The summed E-state index contributed by atoms with van der Waals surface area (Å²) in [6.07, 6.45) is 0. The van der Waals surface area contributed by atoms with E-state index in [1.54, 1.807) is 24.3 Å². The average Bonchev–Trinajstić information content (AvgIpc) is 2.32. The van der Waals surface area contributed by atoms with E-state index in [4.69, 9.17) is 5.11 Å². The Hall–Kier alpha value is -1.51. The van der Waals surface area contributed by atoms with Gasteiger partial charge in [-0.3, -0.25) is 0 Å². The van der Waals surface area contributed by atoms with Crippen molar-refractivity contribution in [1.29, 1.82) is 0 Å². The minimum absolute atomic E-state index is 0. The second-order valence-corrected chi connectivity index (χ2v) is 3.07. The lowest BCUT2D eigenvalue weighted by Crippen LogP contribution is -3.00. The molecule has 0 aliphatic heterocycles. The molecule has 0 radical (unpaired) electrons. The van der Waals surface area contributed by atoms with Gasteiger partial charge in [0.1, 0.15) is 5.75 Å². The number of hydrogen-bond donors (Lipinski definition) is 2. The van der Waals surface area contributed by atoms with Crippen molar-refractivity contribution in [2.24, 2.45) is 0 Å². The summed E-state index contributed by atoms with van der Waals surface area (Å²) in [7, 11) is 0. The fourth-order valence-corrected chi connectivity index (χ4v) is 1.07. The summed E-state index contributed by atoms with van der Waals surface area (Å²) >= 11 is 0. The molecule has 0 fully saturated rings. The largest absolute Gasteiger partial charge is 1.00 e. The van der Waals surface area contributed by atoms with Crippen LogP contribution in [0.3, 0.4) is 0 Å². The zero-order chi connectivity index (χ0) is 10.9. The van der Waals surface area contributed by atoms with Crippen molar-refractivity contribution in [3.8, 4) is 5.75 Å². The van der Waals surface area contributed by atoms with Crippen LogP contribution in [0.2, 0.25) is 0 Å². The number of phenols is 1. The van der Waals surface area contributed by atoms with Gasteiger partial charge >= 0.3 is 0 Å². The molecule has 2 nitrogen and oxygen atoms in total. The lowest BCUT2D eigenvalue weighted by molar-refractivity contribution is -0.386. The molecular weight excluding hydrogens is 222 g/mol. The molecule has 86 valence electrons. The first kappa shape index (κ1) is 14.5. The first-order valence-electron chi connectivity index (χ1n) is 4.90. The van der Waals surface area contributed by atoms with Crippen molar-refractivity contribution in [2.75, 3.05) is 0 Å². The van der Waals surface area contributed by atoms with Gasteiger partial charge in [0.25, 0.3) is 0 Å². The summed E-state index contributed by atoms with van der Waals surface area (Å²) < 4.78 is 0. The molecular formula is C13H16ClNO. The minimum atomic E-state index is 0. The maximum atomic E-state index is 8.63. The van der Waals surface area contributed by atoms with Crippen LogP contribution in [0.15, 0.2) is 60.7 Å². The van der Waals surface area contributed by atoms with E-state index in [0.29, 0.717) is 5.75 Å². The maximum Gasteiger partial charge on any atom is 0.115 e. The summed E-state index contributed by atoms with van der Waals surface area (Å²) in [6.45, 7) is 0.890. The zero-order valence-corrected chi connectivity index (χ0v) is 9.77. The molecule has 0 heterocycles. The van der Waals surface area contributed by atoms with E-state index in [-0.39, 0.29) is 12.4 Å². The lowest BCUT2D eigenvalue weighted by Gasteiger charge is -1.87. The fourth-order valence-electron chi connectivity index (χ4n) is 1.07. The van der Waals surface area contributed by atoms with Gasteiger partial charge in [-0.25, -0.2) is 0 Å². The highest BCUT2D eigenvalue weighted by molar-refractivity contribution is 5.18. The third-order valence-corrected chi connectivity index (χ3v) is 1.89. The third-order valence-electron chi connectivity index (χ3n) is 1.89. The normalized spacial score (nSPS) is 8.31. The van der Waals surface area contributed by atoms with Gasteiger partial charge in [0.05, 0.1) is 6.54 Å². The Labute approximate surface area is 102 Å². The topological polar surface area (TPSA) is 47.9 Å². The molecule has 0 aromatic heterocycles. The van der Waals surface area contributed by atoms with Crippen molar-refractivity contribution >= 4 is 0 Å². The van der Waals surface area contributed by atoms with Crippen LogP contribution in [-0.4, -0.2) is 5.11 Å². The van der Waals surface area contributed by atoms with E-state index < -0.39 is 0 Å². The zero-order valence-electron chi connectivity index (χ0n) is 9.01. The lowest BCUT2D eigenvalue weighted by atomic mass is 10.2. The van der Waals surface area contributed by atoms with Crippen LogP contribution in [0, 0.1) is 0 Å². The predicted octanol–water partition coefficient (Wildman–Crippen LogP) is -1.18. The van der Waals surface area contributed by atoms with E-state index >= 15 is 0 Å². The van der Waals surface area contributed by atoms with E-state index in [2.05, 4.69) is 17.9 Å². The Bertz CT molecular complexity index is 364. The molecule has 3 heteroatoms. The van der Waals surface area contributed by atoms with Gasteiger partial charge in [-0.2, -0.15) is 0 Å². The summed E-state index contributed by atoms with van der Waals surface area (Å²) in [6, 6.07) is 18.9. The molecule has 0 bridgehead atoms. The highest BCUT2D eigenvalue weighted by Gasteiger charge is 1.82. The molecule has 0 unspecified atom stereocenters. The van der Waals surface area contributed by atoms with Crippen molar-refractivity contribution < 1.29 is 23.2 Å². The number of rotatable bonds is 1. The number of hydrogen-bond acceptors (Lipinski definition) is 1. The fraction of sp³-hybridized carbons (Fsp3) is 0.0769. The van der Waals surface area contributed by atoms with Crippen LogP contribution in [-0.2, 0) is 6.54 Å². The molecule has 0 atom stereocenters. The van der Waals surface area contributed by atoms with Crippen LogP contribution in [0.25, 0.3) is 0 Å². The van der Waals surface area contributed by atoms with Crippen LogP contribution in [0.5, 0.6) is 5.75 Å². The third kappa shape index (κ3) is 6.06. The number of aromatic hydroxyl groups is 1. The number of para-hydroxylation sites is 1. The summed E-state index contributed by atoms with van der Waals surface area (Å²) in [5.74, 6) is 0.322. The molecule has 2 aromatic carbocycles. The molecule has 0 saturated carbocycles. The first-order chi connectivity index (χ1) is 7.33. The van der Waals surface area contributed by atoms with Gasteiger partial charge in [-0.1, -0.05) is 48.5 Å². The highest BCUT2D eigenvalue weighted by atomic mass is 35.5. The smallest absolute Gasteiger partial charge is 0.115 e. The van der Waals surface area contributed by atoms with E-state index in [9.17, 15) is 0 Å². The van der Waals surface area contributed by atoms with Gasteiger partial charge in [0.15, 0.2) is 0 Å².